The molecule has 0 fully saturated rings. The first-order valence-electron chi connectivity index (χ1n) is 7.15. The summed E-state index contributed by atoms with van der Waals surface area (Å²) in [5.74, 6) is 1.19. The largest absolute Gasteiger partial charge is 0.497 e. The van der Waals surface area contributed by atoms with Gasteiger partial charge in [0.1, 0.15) is 11.6 Å². The number of rotatable bonds is 1. The molecule has 4 rings (SSSR count). The van der Waals surface area contributed by atoms with Crippen LogP contribution in [0.2, 0.25) is 0 Å². The van der Waals surface area contributed by atoms with Crippen LogP contribution >= 0.6 is 0 Å². The Kier molecular flexibility index (Phi) is 2.64. The van der Waals surface area contributed by atoms with Crippen LogP contribution in [0.15, 0.2) is 36.4 Å². The van der Waals surface area contributed by atoms with Crippen LogP contribution < -0.4 is 4.74 Å². The van der Waals surface area contributed by atoms with E-state index >= 15 is 4.39 Å². The number of hydrogen-bond acceptors (Lipinski definition) is 2. The summed E-state index contributed by atoms with van der Waals surface area (Å²) in [4.78, 5) is 4.64. The minimum atomic E-state index is -0.228. The van der Waals surface area contributed by atoms with Crippen molar-refractivity contribution >= 4 is 27.3 Å². The van der Waals surface area contributed by atoms with Crippen molar-refractivity contribution in [2.24, 2.45) is 0 Å². The first kappa shape index (κ1) is 13.1. The molecular formula is C18H15FN2O. The Morgan fingerprint density at radius 3 is 2.64 bits per heavy atom. The molecular weight excluding hydrogens is 279 g/mol. The van der Waals surface area contributed by atoms with Crippen molar-refractivity contribution in [1.82, 2.24) is 9.38 Å². The van der Waals surface area contributed by atoms with E-state index in [0.717, 1.165) is 27.8 Å². The van der Waals surface area contributed by atoms with Gasteiger partial charge in [-0.3, -0.25) is 4.40 Å². The average Bonchev–Trinajstić information content (AvgIpc) is 2.81. The summed E-state index contributed by atoms with van der Waals surface area (Å²) < 4.78 is 22.1. The zero-order valence-electron chi connectivity index (χ0n) is 12.6. The van der Waals surface area contributed by atoms with E-state index < -0.39 is 0 Å². The molecule has 0 N–H and O–H groups in total. The number of nitrogens with zero attached hydrogens (tertiary/aromatic N) is 2. The molecule has 0 atom stereocenters. The first-order valence-corrected chi connectivity index (χ1v) is 7.15. The number of halogens is 1. The maximum Gasteiger partial charge on any atom is 0.157 e. The van der Waals surface area contributed by atoms with E-state index in [9.17, 15) is 0 Å². The van der Waals surface area contributed by atoms with Crippen molar-refractivity contribution in [3.63, 3.8) is 0 Å². The molecule has 22 heavy (non-hydrogen) atoms. The Morgan fingerprint density at radius 2 is 1.86 bits per heavy atom. The predicted octanol–water partition coefficient (Wildman–Crippen LogP) is 4.41. The molecule has 2 heterocycles. The Bertz CT molecular complexity index is 1050. The highest BCUT2D eigenvalue weighted by Crippen LogP contribution is 2.33. The number of hydrogen-bond donors (Lipinski definition) is 0. The molecule has 0 spiro atoms. The van der Waals surface area contributed by atoms with Crippen LogP contribution in [0.5, 0.6) is 5.75 Å². The van der Waals surface area contributed by atoms with Gasteiger partial charge in [-0.05, 0) is 43.7 Å². The van der Waals surface area contributed by atoms with Crippen molar-refractivity contribution in [1.29, 1.82) is 0 Å². The van der Waals surface area contributed by atoms with E-state index in [4.69, 9.17) is 4.74 Å². The van der Waals surface area contributed by atoms with Gasteiger partial charge >= 0.3 is 0 Å². The Hall–Kier alpha value is -2.62. The zero-order valence-corrected chi connectivity index (χ0v) is 12.6. The molecule has 4 heteroatoms. The molecule has 2 aromatic heterocycles. The van der Waals surface area contributed by atoms with Crippen molar-refractivity contribution < 1.29 is 9.13 Å². The highest BCUT2D eigenvalue weighted by atomic mass is 19.1. The maximum absolute atomic E-state index is 15.0. The van der Waals surface area contributed by atoms with Crippen LogP contribution in [-0.2, 0) is 0 Å². The Labute approximate surface area is 127 Å². The lowest BCUT2D eigenvalue weighted by Crippen LogP contribution is -1.97. The second-order valence-corrected chi connectivity index (χ2v) is 5.56. The van der Waals surface area contributed by atoms with Gasteiger partial charge in [-0.2, -0.15) is 0 Å². The molecule has 0 aliphatic carbocycles. The second kappa shape index (κ2) is 4.44. The van der Waals surface area contributed by atoms with E-state index in [-0.39, 0.29) is 5.82 Å². The molecule has 0 aliphatic rings. The SMILES string of the molecule is COc1ccc2c(c1)c(F)c1c3ccc(C)cc3nc(C)n21. The normalized spacial score (nSPS) is 11.6. The lowest BCUT2D eigenvalue weighted by Gasteiger charge is -2.07. The summed E-state index contributed by atoms with van der Waals surface area (Å²) in [6.45, 7) is 3.91. The fraction of sp³-hybridized carbons (Fsp3) is 0.167. The summed E-state index contributed by atoms with van der Waals surface area (Å²) in [5, 5.41) is 1.38. The van der Waals surface area contributed by atoms with Crippen LogP contribution in [0.3, 0.4) is 0 Å². The molecule has 0 aliphatic heterocycles. The third-order valence-electron chi connectivity index (χ3n) is 4.13. The number of fused-ring (bicyclic) bond motifs is 5. The molecule has 110 valence electrons. The van der Waals surface area contributed by atoms with Gasteiger partial charge in [0.25, 0.3) is 0 Å². The molecule has 0 radical (unpaired) electrons. The number of benzene rings is 2. The highest BCUT2D eigenvalue weighted by molar-refractivity contribution is 6.02. The number of aryl methyl sites for hydroxylation is 2. The standard InChI is InChI=1S/C18H15FN2O/c1-10-4-6-13-15(8-10)20-11(2)21-16-7-5-12(22-3)9-14(16)17(19)18(13)21/h4-9H,1-3H3. The van der Waals surface area contributed by atoms with E-state index in [1.165, 1.54) is 0 Å². The highest BCUT2D eigenvalue weighted by Gasteiger charge is 2.17. The fourth-order valence-electron chi connectivity index (χ4n) is 3.09. The van der Waals surface area contributed by atoms with Gasteiger partial charge in [0.2, 0.25) is 0 Å². The van der Waals surface area contributed by atoms with Gasteiger partial charge in [-0.1, -0.05) is 12.1 Å². The molecule has 2 aromatic carbocycles. The van der Waals surface area contributed by atoms with Crippen molar-refractivity contribution in [3.8, 4) is 5.75 Å². The van der Waals surface area contributed by atoms with Crippen LogP contribution in [0, 0.1) is 19.7 Å². The topological polar surface area (TPSA) is 26.5 Å². The zero-order chi connectivity index (χ0) is 15.4. The van der Waals surface area contributed by atoms with Gasteiger partial charge in [-0.25, -0.2) is 9.37 Å². The quantitative estimate of drug-likeness (QED) is 0.520. The smallest absolute Gasteiger partial charge is 0.157 e. The van der Waals surface area contributed by atoms with Gasteiger partial charge < -0.3 is 4.74 Å². The van der Waals surface area contributed by atoms with Gasteiger partial charge in [-0.15, -0.1) is 0 Å². The molecule has 0 saturated carbocycles. The molecule has 0 unspecified atom stereocenters. The molecule has 0 saturated heterocycles. The molecule has 0 amide bonds. The van der Waals surface area contributed by atoms with E-state index in [1.807, 2.05) is 48.6 Å². The predicted molar refractivity (Wildman–Crippen MR) is 86.2 cm³/mol. The lowest BCUT2D eigenvalue weighted by molar-refractivity contribution is 0.415. The average molecular weight is 294 g/mol. The molecule has 4 aromatic rings. The third-order valence-corrected chi connectivity index (χ3v) is 4.13. The molecule has 0 bridgehead atoms. The molecule has 3 nitrogen and oxygen atoms in total. The van der Waals surface area contributed by atoms with E-state index in [0.29, 0.717) is 16.7 Å². The fourth-order valence-corrected chi connectivity index (χ4v) is 3.09. The first-order chi connectivity index (χ1) is 10.6. The van der Waals surface area contributed by atoms with Crippen LogP contribution in [-0.4, -0.2) is 16.5 Å². The lowest BCUT2D eigenvalue weighted by atomic mass is 10.1. The Balaban J connectivity index is 2.28. The summed E-state index contributed by atoms with van der Waals surface area (Å²) in [6, 6.07) is 11.4. The van der Waals surface area contributed by atoms with Crippen molar-refractivity contribution in [2.75, 3.05) is 7.11 Å². The number of methoxy groups -OCH3 is 1. The van der Waals surface area contributed by atoms with E-state index in [1.54, 1.807) is 13.2 Å². The van der Waals surface area contributed by atoms with Crippen molar-refractivity contribution in [2.45, 2.75) is 13.8 Å². The summed E-state index contributed by atoms with van der Waals surface area (Å²) in [6.07, 6.45) is 0. The summed E-state index contributed by atoms with van der Waals surface area (Å²) in [5.41, 5.74) is 3.31. The Morgan fingerprint density at radius 1 is 1.05 bits per heavy atom. The van der Waals surface area contributed by atoms with Crippen LogP contribution in [0.1, 0.15) is 11.4 Å². The van der Waals surface area contributed by atoms with Crippen LogP contribution in [0.25, 0.3) is 27.3 Å². The minimum absolute atomic E-state index is 0.228. The number of ether oxygens (including phenoxy) is 1. The van der Waals surface area contributed by atoms with Gasteiger partial charge in [0.05, 0.1) is 23.7 Å². The maximum atomic E-state index is 15.0. The van der Waals surface area contributed by atoms with Gasteiger partial charge in [0.15, 0.2) is 5.82 Å². The monoisotopic (exact) mass is 294 g/mol. The van der Waals surface area contributed by atoms with Crippen molar-refractivity contribution in [3.05, 3.63) is 53.6 Å². The minimum Gasteiger partial charge on any atom is -0.497 e. The summed E-state index contributed by atoms with van der Waals surface area (Å²) >= 11 is 0. The number of aromatic nitrogens is 2. The third kappa shape index (κ3) is 1.64. The summed E-state index contributed by atoms with van der Waals surface area (Å²) in [7, 11) is 1.58. The van der Waals surface area contributed by atoms with E-state index in [2.05, 4.69) is 4.98 Å². The second-order valence-electron chi connectivity index (χ2n) is 5.56. The van der Waals surface area contributed by atoms with Crippen LogP contribution in [0.4, 0.5) is 4.39 Å². The van der Waals surface area contributed by atoms with Gasteiger partial charge in [0, 0.05) is 10.8 Å².